The Hall–Kier alpha value is -2.62. The van der Waals surface area contributed by atoms with Crippen LogP contribution in [0.4, 0.5) is 10.5 Å². The van der Waals surface area contributed by atoms with Gasteiger partial charge in [0.15, 0.2) is 5.12 Å². The summed E-state index contributed by atoms with van der Waals surface area (Å²) >= 11 is 1.14. The van der Waals surface area contributed by atoms with Crippen LogP contribution < -0.4 is 5.73 Å². The van der Waals surface area contributed by atoms with E-state index in [-0.39, 0.29) is 41.5 Å². The van der Waals surface area contributed by atoms with Crippen molar-refractivity contribution in [1.82, 2.24) is 4.90 Å². The van der Waals surface area contributed by atoms with Gasteiger partial charge in [-0.15, -0.1) is 0 Å². The minimum Gasteiger partial charge on any atom is -0.445 e. The van der Waals surface area contributed by atoms with Crippen LogP contribution in [0.2, 0.25) is 0 Å². The first-order valence-corrected chi connectivity index (χ1v) is 9.56. The van der Waals surface area contributed by atoms with Crippen molar-refractivity contribution in [1.29, 1.82) is 0 Å². The number of nitrogens with zero attached hydrogens (tertiary/aromatic N) is 2. The van der Waals surface area contributed by atoms with Crippen LogP contribution in [0.25, 0.3) is 0 Å². The number of ether oxygens (including phenoxy) is 1. The molecule has 0 spiro atoms. The first-order chi connectivity index (χ1) is 13.0. The number of primary amides is 1. The van der Waals surface area contributed by atoms with E-state index in [0.717, 1.165) is 11.8 Å². The summed E-state index contributed by atoms with van der Waals surface area (Å²) in [7, 11) is 0. The molecule has 152 valence electrons. The maximum absolute atomic E-state index is 12.7. The van der Waals surface area contributed by atoms with Crippen molar-refractivity contribution in [3.63, 3.8) is 0 Å². The molecule has 0 saturated carbocycles. The Balaban J connectivity index is 2.12. The standard InChI is InChI=1S/C18H23N3O6S/c1-11-15(28-12(2)22)9-20(18(11,3)8-16(19)23)17(24)27-10-13-4-6-14(7-5-13)21(25)26/h4-7,11,15H,8-10H2,1-3H3,(H2,19,23)/t11?,15-,18-/m1/s1. The number of benzene rings is 1. The van der Waals surface area contributed by atoms with Crippen molar-refractivity contribution in [3.8, 4) is 0 Å². The van der Waals surface area contributed by atoms with Crippen LogP contribution in [0, 0.1) is 16.0 Å². The molecule has 10 heteroatoms. The fourth-order valence-corrected chi connectivity index (χ4v) is 4.52. The summed E-state index contributed by atoms with van der Waals surface area (Å²) in [5.74, 6) is -0.697. The van der Waals surface area contributed by atoms with Crippen molar-refractivity contribution in [2.45, 2.75) is 44.6 Å². The fourth-order valence-electron chi connectivity index (χ4n) is 3.37. The second-order valence-electron chi connectivity index (χ2n) is 7.03. The number of likely N-dealkylation sites (tertiary alicyclic amines) is 1. The van der Waals surface area contributed by atoms with Crippen LogP contribution in [0.5, 0.6) is 0 Å². The van der Waals surface area contributed by atoms with Crippen LogP contribution >= 0.6 is 11.8 Å². The predicted octanol–water partition coefficient (Wildman–Crippen LogP) is 2.47. The fraction of sp³-hybridized carbons (Fsp3) is 0.500. The molecule has 0 aromatic heterocycles. The van der Waals surface area contributed by atoms with Crippen LogP contribution in [-0.2, 0) is 20.9 Å². The maximum Gasteiger partial charge on any atom is 0.410 e. The third-order valence-corrected chi connectivity index (χ3v) is 6.29. The number of amides is 2. The number of hydrogen-bond acceptors (Lipinski definition) is 7. The number of non-ortho nitro benzene ring substituents is 1. The number of nitro benzene ring substituents is 1. The second-order valence-corrected chi connectivity index (χ2v) is 8.44. The SMILES string of the molecule is CC(=O)S[C@@H]1CN(C(=O)OCc2ccc([N+](=O)[O-])cc2)[C@](C)(CC(N)=O)C1C. The van der Waals surface area contributed by atoms with Crippen molar-refractivity contribution in [2.75, 3.05) is 6.54 Å². The van der Waals surface area contributed by atoms with Crippen molar-refractivity contribution in [3.05, 3.63) is 39.9 Å². The van der Waals surface area contributed by atoms with Gasteiger partial charge >= 0.3 is 6.09 Å². The Morgan fingerprint density at radius 3 is 2.46 bits per heavy atom. The van der Waals surface area contributed by atoms with E-state index in [1.165, 1.54) is 36.1 Å². The molecule has 1 unspecified atom stereocenters. The van der Waals surface area contributed by atoms with Gasteiger partial charge in [-0.1, -0.05) is 18.7 Å². The normalized spacial score (nSPS) is 24.0. The highest BCUT2D eigenvalue weighted by Gasteiger charge is 2.52. The summed E-state index contributed by atoms with van der Waals surface area (Å²) < 4.78 is 5.36. The molecule has 1 fully saturated rings. The van der Waals surface area contributed by atoms with Crippen molar-refractivity contribution >= 4 is 34.6 Å². The second kappa shape index (κ2) is 8.59. The van der Waals surface area contributed by atoms with E-state index in [4.69, 9.17) is 10.5 Å². The zero-order valence-corrected chi connectivity index (χ0v) is 16.7. The van der Waals surface area contributed by atoms with Gasteiger partial charge in [0.2, 0.25) is 5.91 Å². The van der Waals surface area contributed by atoms with Crippen LogP contribution in [0.3, 0.4) is 0 Å². The van der Waals surface area contributed by atoms with Gasteiger partial charge in [-0.25, -0.2) is 4.79 Å². The third kappa shape index (κ3) is 4.80. The van der Waals surface area contributed by atoms with E-state index in [2.05, 4.69) is 0 Å². The van der Waals surface area contributed by atoms with Gasteiger partial charge in [-0.05, 0) is 30.5 Å². The van der Waals surface area contributed by atoms with Gasteiger partial charge < -0.3 is 15.4 Å². The summed E-state index contributed by atoms with van der Waals surface area (Å²) in [6, 6.07) is 5.68. The number of thioether (sulfide) groups is 1. The maximum atomic E-state index is 12.7. The molecular weight excluding hydrogens is 386 g/mol. The van der Waals surface area contributed by atoms with Gasteiger partial charge in [0.1, 0.15) is 6.61 Å². The van der Waals surface area contributed by atoms with Gasteiger partial charge in [0, 0.05) is 37.3 Å². The highest BCUT2D eigenvalue weighted by atomic mass is 32.2. The number of nitrogens with two attached hydrogens (primary N) is 1. The molecule has 1 aromatic carbocycles. The van der Waals surface area contributed by atoms with Crippen LogP contribution in [0.15, 0.2) is 24.3 Å². The predicted molar refractivity (Wildman–Crippen MR) is 103 cm³/mol. The molecule has 0 aliphatic carbocycles. The highest BCUT2D eigenvalue weighted by Crippen LogP contribution is 2.43. The quantitative estimate of drug-likeness (QED) is 0.563. The lowest BCUT2D eigenvalue weighted by molar-refractivity contribution is -0.384. The molecule has 1 aliphatic heterocycles. The average Bonchev–Trinajstić information content (AvgIpc) is 2.83. The van der Waals surface area contributed by atoms with E-state index >= 15 is 0 Å². The van der Waals surface area contributed by atoms with Gasteiger partial charge in [0.25, 0.3) is 5.69 Å². The first kappa shape index (κ1) is 21.7. The molecule has 1 saturated heterocycles. The van der Waals surface area contributed by atoms with Crippen molar-refractivity contribution in [2.24, 2.45) is 11.7 Å². The molecule has 2 amide bonds. The van der Waals surface area contributed by atoms with E-state index in [0.29, 0.717) is 5.56 Å². The zero-order chi connectivity index (χ0) is 21.1. The monoisotopic (exact) mass is 409 g/mol. The Morgan fingerprint density at radius 2 is 1.96 bits per heavy atom. The van der Waals surface area contributed by atoms with Crippen molar-refractivity contribution < 1.29 is 24.0 Å². The lowest BCUT2D eigenvalue weighted by Crippen LogP contribution is -2.50. The molecule has 1 aromatic rings. The smallest absolute Gasteiger partial charge is 0.410 e. The van der Waals surface area contributed by atoms with Gasteiger partial charge in [-0.3, -0.25) is 19.7 Å². The molecule has 0 bridgehead atoms. The summed E-state index contributed by atoms with van der Waals surface area (Å²) in [4.78, 5) is 47.5. The summed E-state index contributed by atoms with van der Waals surface area (Å²) in [5, 5.41) is 10.5. The number of carbonyl (C=O) groups is 3. The molecule has 9 nitrogen and oxygen atoms in total. The van der Waals surface area contributed by atoms with Crippen LogP contribution in [0.1, 0.15) is 32.8 Å². The number of carbonyl (C=O) groups excluding carboxylic acids is 3. The zero-order valence-electron chi connectivity index (χ0n) is 15.9. The molecule has 0 radical (unpaired) electrons. The summed E-state index contributed by atoms with van der Waals surface area (Å²) in [6.45, 7) is 5.29. The molecule has 2 N–H and O–H groups in total. The average molecular weight is 409 g/mol. The lowest BCUT2D eigenvalue weighted by Gasteiger charge is -2.36. The molecule has 28 heavy (non-hydrogen) atoms. The number of hydrogen-bond donors (Lipinski definition) is 1. The lowest BCUT2D eigenvalue weighted by atomic mass is 9.84. The number of rotatable bonds is 6. The number of nitro groups is 1. The van der Waals surface area contributed by atoms with E-state index < -0.39 is 22.5 Å². The Kier molecular flexibility index (Phi) is 6.65. The highest BCUT2D eigenvalue weighted by molar-refractivity contribution is 8.14. The minimum absolute atomic E-state index is 0.0459. The van der Waals surface area contributed by atoms with Crippen LogP contribution in [-0.4, -0.2) is 44.3 Å². The summed E-state index contributed by atoms with van der Waals surface area (Å²) in [5.41, 5.74) is 5.06. The van der Waals surface area contributed by atoms with Gasteiger partial charge in [0.05, 0.1) is 10.5 Å². The first-order valence-electron chi connectivity index (χ1n) is 8.68. The Morgan fingerprint density at radius 1 is 1.36 bits per heavy atom. The molecule has 1 heterocycles. The molecule has 3 atom stereocenters. The third-order valence-electron chi connectivity index (χ3n) is 5.10. The Labute approximate surface area is 166 Å². The molecule has 1 aliphatic rings. The van der Waals surface area contributed by atoms with E-state index in [1.54, 1.807) is 6.92 Å². The van der Waals surface area contributed by atoms with E-state index in [1.807, 2.05) is 6.92 Å². The topological polar surface area (TPSA) is 133 Å². The largest absolute Gasteiger partial charge is 0.445 e. The Bertz CT molecular complexity index is 784. The molecular formula is C18H23N3O6S. The van der Waals surface area contributed by atoms with E-state index in [9.17, 15) is 24.5 Å². The minimum atomic E-state index is -0.870. The molecule has 2 rings (SSSR count). The summed E-state index contributed by atoms with van der Waals surface area (Å²) in [6.07, 6.45) is -0.670. The van der Waals surface area contributed by atoms with Gasteiger partial charge in [-0.2, -0.15) is 0 Å².